The maximum Gasteiger partial charge on any atom is 0.255 e. The quantitative estimate of drug-likeness (QED) is 0.730. The number of likely N-dealkylation sites (N-methyl/N-ethyl adjacent to an activating group) is 1. The molecule has 2 N–H and O–H groups in total. The normalized spacial score (nSPS) is 12.9. The molecule has 0 bridgehead atoms. The van der Waals surface area contributed by atoms with Crippen molar-refractivity contribution in [2.45, 2.75) is 19.4 Å². The van der Waals surface area contributed by atoms with Crippen LogP contribution in [0.3, 0.4) is 0 Å². The van der Waals surface area contributed by atoms with Gasteiger partial charge < -0.3 is 20.1 Å². The molecule has 1 amide bonds. The third-order valence-electron chi connectivity index (χ3n) is 4.48. The van der Waals surface area contributed by atoms with E-state index in [2.05, 4.69) is 26.6 Å². The Kier molecular flexibility index (Phi) is 5.96. The summed E-state index contributed by atoms with van der Waals surface area (Å²) in [4.78, 5) is 27.3. The molecule has 0 radical (unpaired) electrons. The Hall–Kier alpha value is -2.19. The lowest BCUT2D eigenvalue weighted by molar-refractivity contribution is 0.0950. The number of rotatable bonds is 6. The first kappa shape index (κ1) is 19.6. The third-order valence-corrected chi connectivity index (χ3v) is 4.98. The SMILES string of the molecule is CN(C)CCNC(=O)c1c(Nc2ccc(Br)cc2F)cc(=O)n2c1CCC2. The summed E-state index contributed by atoms with van der Waals surface area (Å²) in [7, 11) is 3.85. The van der Waals surface area contributed by atoms with Crippen molar-refractivity contribution < 1.29 is 9.18 Å². The first-order valence-electron chi connectivity index (χ1n) is 8.78. The summed E-state index contributed by atoms with van der Waals surface area (Å²) < 4.78 is 16.5. The van der Waals surface area contributed by atoms with Crippen molar-refractivity contribution in [2.24, 2.45) is 0 Å². The number of pyridine rings is 1. The zero-order valence-corrected chi connectivity index (χ0v) is 16.9. The van der Waals surface area contributed by atoms with Crippen LogP contribution in [-0.2, 0) is 13.0 Å². The van der Waals surface area contributed by atoms with Crippen LogP contribution in [-0.4, -0.2) is 42.6 Å². The van der Waals surface area contributed by atoms with Gasteiger partial charge in [-0.15, -0.1) is 0 Å². The van der Waals surface area contributed by atoms with E-state index >= 15 is 0 Å². The summed E-state index contributed by atoms with van der Waals surface area (Å²) in [6, 6.07) is 5.97. The van der Waals surface area contributed by atoms with E-state index in [0.29, 0.717) is 47.5 Å². The lowest BCUT2D eigenvalue weighted by Gasteiger charge is -2.17. The van der Waals surface area contributed by atoms with Gasteiger partial charge in [-0.05, 0) is 45.1 Å². The molecule has 0 atom stereocenters. The molecular weight excluding hydrogens is 415 g/mol. The first-order chi connectivity index (χ1) is 12.9. The first-order valence-corrected chi connectivity index (χ1v) is 9.58. The van der Waals surface area contributed by atoms with Crippen LogP contribution < -0.4 is 16.2 Å². The Balaban J connectivity index is 1.98. The number of nitrogens with one attached hydrogen (secondary N) is 2. The summed E-state index contributed by atoms with van der Waals surface area (Å²) in [6.07, 6.45) is 1.45. The third kappa shape index (κ3) is 4.39. The Labute approximate surface area is 165 Å². The Morgan fingerprint density at radius 1 is 1.30 bits per heavy atom. The highest BCUT2D eigenvalue weighted by atomic mass is 79.9. The van der Waals surface area contributed by atoms with Crippen LogP contribution in [0.4, 0.5) is 15.8 Å². The molecule has 144 valence electrons. The van der Waals surface area contributed by atoms with Gasteiger partial charge >= 0.3 is 0 Å². The van der Waals surface area contributed by atoms with Crippen LogP contribution in [0.25, 0.3) is 0 Å². The average Bonchev–Trinajstić information content (AvgIpc) is 3.07. The van der Waals surface area contributed by atoms with E-state index in [1.54, 1.807) is 16.7 Å². The molecule has 0 spiro atoms. The van der Waals surface area contributed by atoms with Crippen LogP contribution in [0.5, 0.6) is 0 Å². The zero-order chi connectivity index (χ0) is 19.6. The van der Waals surface area contributed by atoms with Crippen molar-refractivity contribution in [3.05, 3.63) is 56.2 Å². The zero-order valence-electron chi connectivity index (χ0n) is 15.3. The number of amides is 1. The van der Waals surface area contributed by atoms with Gasteiger partial charge in [0.15, 0.2) is 0 Å². The van der Waals surface area contributed by atoms with Crippen LogP contribution in [0.1, 0.15) is 22.5 Å². The number of carbonyl (C=O) groups excluding carboxylic acids is 1. The number of anilines is 2. The van der Waals surface area contributed by atoms with Gasteiger partial charge in [-0.2, -0.15) is 0 Å². The Bertz CT molecular complexity index is 927. The van der Waals surface area contributed by atoms with E-state index in [9.17, 15) is 14.0 Å². The van der Waals surface area contributed by atoms with Gasteiger partial charge in [0.1, 0.15) is 5.82 Å². The van der Waals surface area contributed by atoms with Gasteiger partial charge in [0.25, 0.3) is 11.5 Å². The number of nitrogens with zero attached hydrogens (tertiary/aromatic N) is 2. The molecule has 3 rings (SSSR count). The highest BCUT2D eigenvalue weighted by Gasteiger charge is 2.25. The van der Waals surface area contributed by atoms with Crippen LogP contribution >= 0.6 is 15.9 Å². The number of halogens is 2. The number of benzene rings is 1. The van der Waals surface area contributed by atoms with E-state index in [4.69, 9.17) is 0 Å². The van der Waals surface area contributed by atoms with Crippen molar-refractivity contribution in [3.63, 3.8) is 0 Å². The van der Waals surface area contributed by atoms with Crippen molar-refractivity contribution >= 4 is 33.2 Å². The maximum atomic E-state index is 14.3. The second-order valence-corrected chi connectivity index (χ2v) is 7.70. The summed E-state index contributed by atoms with van der Waals surface area (Å²) in [5.41, 5.74) is 1.46. The average molecular weight is 437 g/mol. The lowest BCUT2D eigenvalue weighted by atomic mass is 10.1. The molecule has 8 heteroatoms. The van der Waals surface area contributed by atoms with Crippen molar-refractivity contribution in [1.82, 2.24) is 14.8 Å². The van der Waals surface area contributed by atoms with E-state index in [-0.39, 0.29) is 17.2 Å². The van der Waals surface area contributed by atoms with Crippen LogP contribution in [0.15, 0.2) is 33.5 Å². The molecule has 0 saturated heterocycles. The second-order valence-electron chi connectivity index (χ2n) is 6.78. The lowest BCUT2D eigenvalue weighted by Crippen LogP contribution is -2.34. The molecule has 0 fully saturated rings. The number of fused-ring (bicyclic) bond motifs is 1. The molecule has 0 unspecified atom stereocenters. The van der Waals surface area contributed by atoms with E-state index in [1.165, 1.54) is 12.1 Å². The summed E-state index contributed by atoms with van der Waals surface area (Å²) in [6.45, 7) is 1.78. The molecule has 2 heterocycles. The predicted octanol–water partition coefficient (Wildman–Crippen LogP) is 2.73. The molecule has 1 aliphatic rings. The molecule has 1 aromatic heterocycles. The minimum absolute atomic E-state index is 0.188. The number of aromatic nitrogens is 1. The number of carbonyl (C=O) groups is 1. The maximum absolute atomic E-state index is 14.3. The number of hydrogen-bond donors (Lipinski definition) is 2. The molecule has 27 heavy (non-hydrogen) atoms. The number of hydrogen-bond acceptors (Lipinski definition) is 4. The molecule has 2 aromatic rings. The molecule has 1 aliphatic heterocycles. The second kappa shape index (κ2) is 8.22. The van der Waals surface area contributed by atoms with Gasteiger partial charge in [0.05, 0.1) is 16.9 Å². The predicted molar refractivity (Wildman–Crippen MR) is 107 cm³/mol. The van der Waals surface area contributed by atoms with E-state index < -0.39 is 5.82 Å². The fourth-order valence-electron chi connectivity index (χ4n) is 3.18. The smallest absolute Gasteiger partial charge is 0.255 e. The van der Waals surface area contributed by atoms with Gasteiger partial charge in [-0.25, -0.2) is 4.39 Å². The highest BCUT2D eigenvalue weighted by Crippen LogP contribution is 2.28. The van der Waals surface area contributed by atoms with Gasteiger partial charge in [-0.1, -0.05) is 15.9 Å². The highest BCUT2D eigenvalue weighted by molar-refractivity contribution is 9.10. The summed E-state index contributed by atoms with van der Waals surface area (Å²) >= 11 is 3.22. The van der Waals surface area contributed by atoms with Crippen LogP contribution in [0, 0.1) is 5.82 Å². The summed E-state index contributed by atoms with van der Waals surface area (Å²) in [5, 5.41) is 5.83. The molecular formula is C19H22BrFN4O2. The molecule has 1 aromatic carbocycles. The minimum Gasteiger partial charge on any atom is -0.352 e. The van der Waals surface area contributed by atoms with Gasteiger partial charge in [0.2, 0.25) is 0 Å². The van der Waals surface area contributed by atoms with Crippen molar-refractivity contribution in [3.8, 4) is 0 Å². The molecule has 6 nitrogen and oxygen atoms in total. The van der Waals surface area contributed by atoms with E-state index in [1.807, 2.05) is 19.0 Å². The standard InChI is InChI=1S/C19H22BrFN4O2/c1-24(2)9-7-22-19(27)18-15(11-17(26)25-8-3-4-16(18)25)23-14-6-5-12(20)10-13(14)21/h5-6,10-11,23H,3-4,7-9H2,1-2H3,(H,22,27). The minimum atomic E-state index is -0.469. The Morgan fingerprint density at radius 2 is 2.07 bits per heavy atom. The van der Waals surface area contributed by atoms with Crippen LogP contribution in [0.2, 0.25) is 0 Å². The van der Waals surface area contributed by atoms with Crippen molar-refractivity contribution in [2.75, 3.05) is 32.5 Å². The largest absolute Gasteiger partial charge is 0.352 e. The Morgan fingerprint density at radius 3 is 2.78 bits per heavy atom. The molecule has 0 saturated carbocycles. The van der Waals surface area contributed by atoms with Gasteiger partial charge in [-0.3, -0.25) is 9.59 Å². The fourth-order valence-corrected chi connectivity index (χ4v) is 3.51. The monoisotopic (exact) mass is 436 g/mol. The topological polar surface area (TPSA) is 66.4 Å². The van der Waals surface area contributed by atoms with Crippen molar-refractivity contribution in [1.29, 1.82) is 0 Å². The summed E-state index contributed by atoms with van der Waals surface area (Å²) in [5.74, 6) is -0.730. The van der Waals surface area contributed by atoms with Gasteiger partial charge in [0, 0.05) is 35.9 Å². The van der Waals surface area contributed by atoms with E-state index in [0.717, 1.165) is 6.42 Å². The fraction of sp³-hybridized carbons (Fsp3) is 0.368. The molecule has 0 aliphatic carbocycles.